The minimum Gasteiger partial charge on any atom is -0.508 e. The van der Waals surface area contributed by atoms with E-state index < -0.39 is 0 Å². The molecule has 5 nitrogen and oxygen atoms in total. The number of benzene rings is 1. The molecule has 0 aliphatic carbocycles. The molecule has 0 aliphatic rings. The third-order valence-corrected chi connectivity index (χ3v) is 3.86. The van der Waals surface area contributed by atoms with Gasteiger partial charge in [-0.05, 0) is 24.1 Å². The number of nitrogens with two attached hydrogens (primary N) is 1. The predicted octanol–water partition coefficient (Wildman–Crippen LogP) is 2.03. The molecule has 6 heteroatoms. The Morgan fingerprint density at radius 2 is 1.89 bits per heavy atom. The molecule has 2 aromatic heterocycles. The Morgan fingerprint density at radius 1 is 1.16 bits per heavy atom. The van der Waals surface area contributed by atoms with Crippen molar-refractivity contribution in [2.24, 2.45) is 5.73 Å². The standard InChI is InChI=1S/C13H12N4OS/c14-10(7-8-1-3-9(18)4-2-8)12-17-11-13(19-12)16-6-5-15-11/h1-6,10,18H,7,14H2. The Kier molecular flexibility index (Phi) is 3.10. The van der Waals surface area contributed by atoms with E-state index in [9.17, 15) is 5.11 Å². The maximum atomic E-state index is 9.25. The smallest absolute Gasteiger partial charge is 0.189 e. The molecular weight excluding hydrogens is 260 g/mol. The van der Waals surface area contributed by atoms with Crippen molar-refractivity contribution < 1.29 is 5.11 Å². The Morgan fingerprint density at radius 3 is 2.63 bits per heavy atom. The fourth-order valence-electron chi connectivity index (χ4n) is 1.82. The molecule has 19 heavy (non-hydrogen) atoms. The van der Waals surface area contributed by atoms with Crippen LogP contribution in [-0.4, -0.2) is 20.1 Å². The van der Waals surface area contributed by atoms with Crippen LogP contribution in [0.3, 0.4) is 0 Å². The largest absolute Gasteiger partial charge is 0.508 e. The zero-order valence-corrected chi connectivity index (χ0v) is 10.8. The second-order valence-electron chi connectivity index (χ2n) is 4.21. The predicted molar refractivity (Wildman–Crippen MR) is 73.9 cm³/mol. The van der Waals surface area contributed by atoms with Gasteiger partial charge in [0.25, 0.3) is 0 Å². The quantitative estimate of drug-likeness (QED) is 0.762. The minimum atomic E-state index is -0.189. The number of nitrogens with zero attached hydrogens (tertiary/aromatic N) is 3. The first-order chi connectivity index (χ1) is 9.22. The number of aromatic nitrogens is 3. The Hall–Kier alpha value is -2.05. The normalized spacial score (nSPS) is 12.7. The van der Waals surface area contributed by atoms with Gasteiger partial charge in [-0.25, -0.2) is 15.0 Å². The summed E-state index contributed by atoms with van der Waals surface area (Å²) in [5.74, 6) is 0.255. The zero-order chi connectivity index (χ0) is 13.2. The maximum Gasteiger partial charge on any atom is 0.189 e. The summed E-state index contributed by atoms with van der Waals surface area (Å²) in [7, 11) is 0. The first kappa shape index (κ1) is 12.0. The number of hydrogen-bond donors (Lipinski definition) is 2. The summed E-state index contributed by atoms with van der Waals surface area (Å²) < 4.78 is 0. The fourth-order valence-corrected chi connectivity index (χ4v) is 2.69. The molecule has 0 radical (unpaired) electrons. The van der Waals surface area contributed by atoms with E-state index in [1.807, 2.05) is 12.1 Å². The summed E-state index contributed by atoms with van der Waals surface area (Å²) in [5, 5.41) is 10.1. The van der Waals surface area contributed by atoms with E-state index in [-0.39, 0.29) is 11.8 Å². The van der Waals surface area contributed by atoms with Crippen LogP contribution in [-0.2, 0) is 6.42 Å². The Balaban J connectivity index is 1.83. The second-order valence-corrected chi connectivity index (χ2v) is 5.22. The van der Waals surface area contributed by atoms with Crippen LogP contribution >= 0.6 is 11.3 Å². The molecule has 0 bridgehead atoms. The van der Waals surface area contributed by atoms with Crippen LogP contribution in [0.2, 0.25) is 0 Å². The number of aromatic hydroxyl groups is 1. The van der Waals surface area contributed by atoms with E-state index in [4.69, 9.17) is 5.73 Å². The summed E-state index contributed by atoms with van der Waals surface area (Å²) in [5.41, 5.74) is 7.86. The highest BCUT2D eigenvalue weighted by molar-refractivity contribution is 7.18. The van der Waals surface area contributed by atoms with Crippen molar-refractivity contribution in [2.45, 2.75) is 12.5 Å². The molecule has 0 saturated heterocycles. The van der Waals surface area contributed by atoms with Gasteiger partial charge in [-0.1, -0.05) is 23.5 Å². The lowest BCUT2D eigenvalue weighted by molar-refractivity contribution is 0.475. The van der Waals surface area contributed by atoms with E-state index in [0.29, 0.717) is 12.1 Å². The van der Waals surface area contributed by atoms with Gasteiger partial charge < -0.3 is 10.8 Å². The maximum absolute atomic E-state index is 9.25. The summed E-state index contributed by atoms with van der Waals surface area (Å²) in [6.45, 7) is 0. The zero-order valence-electron chi connectivity index (χ0n) is 10.0. The van der Waals surface area contributed by atoms with Crippen molar-refractivity contribution in [1.29, 1.82) is 0 Å². The van der Waals surface area contributed by atoms with Crippen molar-refractivity contribution in [3.8, 4) is 5.75 Å². The molecule has 0 aliphatic heterocycles. The van der Waals surface area contributed by atoms with Crippen molar-refractivity contribution in [2.75, 3.05) is 0 Å². The highest BCUT2D eigenvalue weighted by atomic mass is 32.1. The lowest BCUT2D eigenvalue weighted by Crippen LogP contribution is -2.12. The lowest BCUT2D eigenvalue weighted by atomic mass is 10.1. The van der Waals surface area contributed by atoms with Crippen LogP contribution in [0.25, 0.3) is 10.5 Å². The molecule has 3 aromatic rings. The average Bonchev–Trinajstić information content (AvgIpc) is 2.85. The molecule has 3 rings (SSSR count). The van der Waals surface area contributed by atoms with Gasteiger partial charge in [0.15, 0.2) is 10.5 Å². The summed E-state index contributed by atoms with van der Waals surface area (Å²) >= 11 is 1.47. The van der Waals surface area contributed by atoms with E-state index in [1.54, 1.807) is 24.5 Å². The topological polar surface area (TPSA) is 84.9 Å². The second kappa shape index (κ2) is 4.91. The summed E-state index contributed by atoms with van der Waals surface area (Å²) in [4.78, 5) is 13.6. The van der Waals surface area contributed by atoms with Gasteiger partial charge in [-0.2, -0.15) is 0 Å². The van der Waals surface area contributed by atoms with E-state index in [0.717, 1.165) is 15.4 Å². The molecular formula is C13H12N4OS. The van der Waals surface area contributed by atoms with Crippen molar-refractivity contribution >= 4 is 21.8 Å². The van der Waals surface area contributed by atoms with Gasteiger partial charge in [-0.3, -0.25) is 0 Å². The molecule has 1 aromatic carbocycles. The number of rotatable bonds is 3. The number of hydrogen-bond acceptors (Lipinski definition) is 6. The first-order valence-electron chi connectivity index (χ1n) is 5.83. The number of thiazole rings is 1. The van der Waals surface area contributed by atoms with Gasteiger partial charge in [0.05, 0.1) is 6.04 Å². The highest BCUT2D eigenvalue weighted by Crippen LogP contribution is 2.24. The number of fused-ring (bicyclic) bond motifs is 1. The number of phenolic OH excluding ortho intramolecular Hbond substituents is 1. The molecule has 3 N–H and O–H groups in total. The van der Waals surface area contributed by atoms with Crippen LogP contribution in [0.1, 0.15) is 16.6 Å². The highest BCUT2D eigenvalue weighted by Gasteiger charge is 2.13. The lowest BCUT2D eigenvalue weighted by Gasteiger charge is -2.08. The molecule has 0 saturated carbocycles. The van der Waals surface area contributed by atoms with Gasteiger partial charge in [0.1, 0.15) is 10.8 Å². The Labute approximate surface area is 113 Å². The van der Waals surface area contributed by atoms with Crippen molar-refractivity contribution in [1.82, 2.24) is 15.0 Å². The molecule has 0 spiro atoms. The van der Waals surface area contributed by atoms with Gasteiger partial charge in [0.2, 0.25) is 0 Å². The molecule has 2 heterocycles. The monoisotopic (exact) mass is 272 g/mol. The molecule has 0 amide bonds. The SMILES string of the molecule is NC(Cc1ccc(O)cc1)c1nc2nccnc2s1. The van der Waals surface area contributed by atoms with Gasteiger partial charge >= 0.3 is 0 Å². The molecule has 0 fully saturated rings. The fraction of sp³-hybridized carbons (Fsp3) is 0.154. The van der Waals surface area contributed by atoms with Crippen molar-refractivity contribution in [3.05, 3.63) is 47.2 Å². The van der Waals surface area contributed by atoms with E-state index in [1.165, 1.54) is 11.3 Å². The average molecular weight is 272 g/mol. The first-order valence-corrected chi connectivity index (χ1v) is 6.65. The van der Waals surface area contributed by atoms with E-state index >= 15 is 0 Å². The van der Waals surface area contributed by atoms with Gasteiger partial charge in [0, 0.05) is 12.4 Å². The van der Waals surface area contributed by atoms with Crippen LogP contribution in [0.15, 0.2) is 36.7 Å². The summed E-state index contributed by atoms with van der Waals surface area (Å²) in [6, 6.07) is 6.84. The van der Waals surface area contributed by atoms with Gasteiger partial charge in [-0.15, -0.1) is 0 Å². The van der Waals surface area contributed by atoms with Crippen molar-refractivity contribution in [3.63, 3.8) is 0 Å². The number of phenols is 1. The van der Waals surface area contributed by atoms with Crippen LogP contribution in [0, 0.1) is 0 Å². The molecule has 1 atom stereocenters. The van der Waals surface area contributed by atoms with Crippen LogP contribution in [0.5, 0.6) is 5.75 Å². The third kappa shape index (κ3) is 2.54. The Bertz CT molecular complexity index is 662. The van der Waals surface area contributed by atoms with E-state index in [2.05, 4.69) is 15.0 Å². The molecule has 96 valence electrons. The summed E-state index contributed by atoms with van der Waals surface area (Å²) in [6.07, 6.45) is 3.94. The third-order valence-electron chi connectivity index (χ3n) is 2.77. The van der Waals surface area contributed by atoms with Crippen LogP contribution in [0.4, 0.5) is 0 Å². The molecule has 1 unspecified atom stereocenters. The van der Waals surface area contributed by atoms with Crippen LogP contribution < -0.4 is 5.73 Å². The minimum absolute atomic E-state index is 0.189.